The van der Waals surface area contributed by atoms with Crippen LogP contribution in [0.3, 0.4) is 0 Å². The second kappa shape index (κ2) is 8.06. The van der Waals surface area contributed by atoms with Gasteiger partial charge in [-0.2, -0.15) is 0 Å². The Hall–Kier alpha value is -0.0400. The maximum atomic E-state index is 3.42. The fourth-order valence-electron chi connectivity index (χ4n) is 1.29. The van der Waals surface area contributed by atoms with Crippen molar-refractivity contribution in [1.29, 1.82) is 0 Å². The van der Waals surface area contributed by atoms with Crippen molar-refractivity contribution < 1.29 is 0 Å². The predicted molar refractivity (Wildman–Crippen MR) is 51.8 cm³/mol. The molecule has 0 bridgehead atoms. The number of rotatable bonds is 7. The highest BCUT2D eigenvalue weighted by Gasteiger charge is 1.98. The summed E-state index contributed by atoms with van der Waals surface area (Å²) in [5.74, 6) is 0.907. The minimum Gasteiger partial charge on any atom is -0.317 e. The summed E-state index contributed by atoms with van der Waals surface area (Å²) < 4.78 is 0. The summed E-state index contributed by atoms with van der Waals surface area (Å²) in [7, 11) is 0. The lowest BCUT2D eigenvalue weighted by Gasteiger charge is -2.09. The van der Waals surface area contributed by atoms with Gasteiger partial charge < -0.3 is 5.32 Å². The van der Waals surface area contributed by atoms with Gasteiger partial charge in [0.1, 0.15) is 0 Å². The highest BCUT2D eigenvalue weighted by Crippen LogP contribution is 2.07. The molecule has 0 aromatic heterocycles. The molecular weight excluding hydrogens is 134 g/mol. The van der Waals surface area contributed by atoms with Crippen molar-refractivity contribution in [2.24, 2.45) is 5.92 Å². The van der Waals surface area contributed by atoms with E-state index in [0.29, 0.717) is 0 Å². The van der Waals surface area contributed by atoms with Crippen molar-refractivity contribution >= 4 is 0 Å². The van der Waals surface area contributed by atoms with Gasteiger partial charge in [-0.15, -0.1) is 0 Å². The van der Waals surface area contributed by atoms with E-state index in [0.717, 1.165) is 5.92 Å². The molecule has 0 aliphatic rings. The van der Waals surface area contributed by atoms with E-state index in [2.05, 4.69) is 26.1 Å². The molecule has 1 heteroatoms. The Kier molecular flexibility index (Phi) is 8.03. The standard InChI is InChI=1S/C10H23N/c1-4-6-10(3)7-9-11-8-5-2/h10-11H,4-9H2,1-3H3/t10-/m0/s1. The van der Waals surface area contributed by atoms with Crippen molar-refractivity contribution in [3.63, 3.8) is 0 Å². The second-order valence-corrected chi connectivity index (χ2v) is 3.43. The summed E-state index contributed by atoms with van der Waals surface area (Å²) in [6.45, 7) is 9.20. The van der Waals surface area contributed by atoms with E-state index in [1.54, 1.807) is 0 Å². The normalized spacial score (nSPS) is 13.4. The van der Waals surface area contributed by atoms with Crippen LogP contribution in [0.5, 0.6) is 0 Å². The Bertz CT molecular complexity index is 71.3. The van der Waals surface area contributed by atoms with Crippen LogP contribution in [-0.4, -0.2) is 13.1 Å². The van der Waals surface area contributed by atoms with Gasteiger partial charge in [0.15, 0.2) is 0 Å². The molecule has 1 nitrogen and oxygen atoms in total. The third-order valence-electron chi connectivity index (χ3n) is 2.02. The van der Waals surface area contributed by atoms with Crippen LogP contribution < -0.4 is 5.32 Å². The Morgan fingerprint density at radius 2 is 1.73 bits per heavy atom. The SMILES string of the molecule is CCCNCC[C@@H](C)CCC. The van der Waals surface area contributed by atoms with Gasteiger partial charge in [0, 0.05) is 0 Å². The van der Waals surface area contributed by atoms with Gasteiger partial charge in [-0.05, 0) is 31.8 Å². The average Bonchev–Trinajstić information content (AvgIpc) is 1.99. The Balaban J connectivity index is 2.97. The zero-order chi connectivity index (χ0) is 8.53. The molecule has 0 fully saturated rings. The minimum atomic E-state index is 0.907. The van der Waals surface area contributed by atoms with Gasteiger partial charge >= 0.3 is 0 Å². The van der Waals surface area contributed by atoms with Gasteiger partial charge in [-0.25, -0.2) is 0 Å². The zero-order valence-corrected chi connectivity index (χ0v) is 8.32. The number of nitrogens with one attached hydrogen (secondary N) is 1. The predicted octanol–water partition coefficient (Wildman–Crippen LogP) is 2.81. The lowest BCUT2D eigenvalue weighted by molar-refractivity contribution is 0.465. The van der Waals surface area contributed by atoms with E-state index < -0.39 is 0 Å². The first-order valence-electron chi connectivity index (χ1n) is 5.02. The molecule has 0 spiro atoms. The van der Waals surface area contributed by atoms with Crippen molar-refractivity contribution in [3.8, 4) is 0 Å². The van der Waals surface area contributed by atoms with Gasteiger partial charge in [-0.3, -0.25) is 0 Å². The van der Waals surface area contributed by atoms with Crippen LogP contribution >= 0.6 is 0 Å². The molecule has 68 valence electrons. The van der Waals surface area contributed by atoms with Gasteiger partial charge in [0.25, 0.3) is 0 Å². The first kappa shape index (κ1) is 11.0. The minimum absolute atomic E-state index is 0.907. The maximum absolute atomic E-state index is 3.42. The number of hydrogen-bond donors (Lipinski definition) is 1. The Morgan fingerprint density at radius 1 is 1.00 bits per heavy atom. The molecule has 0 saturated carbocycles. The molecule has 0 aliphatic carbocycles. The van der Waals surface area contributed by atoms with Crippen LogP contribution in [0.4, 0.5) is 0 Å². The van der Waals surface area contributed by atoms with Crippen molar-refractivity contribution in [3.05, 3.63) is 0 Å². The molecule has 0 aromatic rings. The molecule has 11 heavy (non-hydrogen) atoms. The molecule has 0 rings (SSSR count). The highest BCUT2D eigenvalue weighted by molar-refractivity contribution is 4.54. The zero-order valence-electron chi connectivity index (χ0n) is 8.32. The fraction of sp³-hybridized carbons (Fsp3) is 1.00. The largest absolute Gasteiger partial charge is 0.317 e. The monoisotopic (exact) mass is 157 g/mol. The van der Waals surface area contributed by atoms with Gasteiger partial charge in [-0.1, -0.05) is 33.6 Å². The Labute approximate surface area is 71.6 Å². The molecule has 0 heterocycles. The topological polar surface area (TPSA) is 12.0 Å². The van der Waals surface area contributed by atoms with E-state index in [4.69, 9.17) is 0 Å². The van der Waals surface area contributed by atoms with Crippen LogP contribution in [0.2, 0.25) is 0 Å². The summed E-state index contributed by atoms with van der Waals surface area (Å²) >= 11 is 0. The van der Waals surface area contributed by atoms with Crippen molar-refractivity contribution in [2.75, 3.05) is 13.1 Å². The van der Waals surface area contributed by atoms with Gasteiger partial charge in [0.05, 0.1) is 0 Å². The summed E-state index contributed by atoms with van der Waals surface area (Å²) in [5, 5.41) is 3.42. The summed E-state index contributed by atoms with van der Waals surface area (Å²) in [4.78, 5) is 0. The van der Waals surface area contributed by atoms with Crippen LogP contribution in [0.15, 0.2) is 0 Å². The van der Waals surface area contributed by atoms with Crippen LogP contribution in [0.1, 0.15) is 46.5 Å². The first-order valence-corrected chi connectivity index (χ1v) is 5.02. The summed E-state index contributed by atoms with van der Waals surface area (Å²) in [6, 6.07) is 0. The Morgan fingerprint density at radius 3 is 2.27 bits per heavy atom. The van der Waals surface area contributed by atoms with Crippen LogP contribution in [0.25, 0.3) is 0 Å². The average molecular weight is 157 g/mol. The summed E-state index contributed by atoms with van der Waals surface area (Å²) in [6.07, 6.45) is 5.30. The molecule has 0 aliphatic heterocycles. The van der Waals surface area contributed by atoms with Crippen LogP contribution in [0, 0.1) is 5.92 Å². The van der Waals surface area contributed by atoms with Crippen molar-refractivity contribution in [1.82, 2.24) is 5.32 Å². The fourth-order valence-corrected chi connectivity index (χ4v) is 1.29. The molecule has 1 atom stereocenters. The molecule has 1 N–H and O–H groups in total. The van der Waals surface area contributed by atoms with E-state index in [1.165, 1.54) is 38.8 Å². The third-order valence-corrected chi connectivity index (χ3v) is 2.02. The molecule has 0 saturated heterocycles. The lowest BCUT2D eigenvalue weighted by atomic mass is 10.0. The van der Waals surface area contributed by atoms with Gasteiger partial charge in [0.2, 0.25) is 0 Å². The highest BCUT2D eigenvalue weighted by atomic mass is 14.8. The number of hydrogen-bond acceptors (Lipinski definition) is 1. The van der Waals surface area contributed by atoms with E-state index >= 15 is 0 Å². The molecular formula is C10H23N. The second-order valence-electron chi connectivity index (χ2n) is 3.43. The summed E-state index contributed by atoms with van der Waals surface area (Å²) in [5.41, 5.74) is 0. The smallest absolute Gasteiger partial charge is 0.00464 e. The van der Waals surface area contributed by atoms with E-state index in [-0.39, 0.29) is 0 Å². The molecule has 0 radical (unpaired) electrons. The van der Waals surface area contributed by atoms with Crippen LogP contribution in [-0.2, 0) is 0 Å². The maximum Gasteiger partial charge on any atom is -0.00464 e. The molecule has 0 unspecified atom stereocenters. The van der Waals surface area contributed by atoms with Crippen molar-refractivity contribution in [2.45, 2.75) is 46.5 Å². The molecule has 0 aromatic carbocycles. The first-order chi connectivity index (χ1) is 5.31. The quantitative estimate of drug-likeness (QED) is 0.560. The third kappa shape index (κ3) is 7.86. The van der Waals surface area contributed by atoms with E-state index in [9.17, 15) is 0 Å². The lowest BCUT2D eigenvalue weighted by Crippen LogP contribution is -2.17. The molecule has 0 amide bonds. The van der Waals surface area contributed by atoms with E-state index in [1.807, 2.05) is 0 Å².